The van der Waals surface area contributed by atoms with E-state index in [4.69, 9.17) is 5.41 Å². The van der Waals surface area contributed by atoms with Crippen LogP contribution in [0.15, 0.2) is 41.7 Å². The van der Waals surface area contributed by atoms with Crippen LogP contribution in [0.3, 0.4) is 0 Å². The van der Waals surface area contributed by atoms with E-state index < -0.39 is 0 Å². The van der Waals surface area contributed by atoms with Gasteiger partial charge < -0.3 is 0 Å². The van der Waals surface area contributed by atoms with Gasteiger partial charge in [-0.05, 0) is 24.3 Å². The molecule has 1 rings (SSSR count). The van der Waals surface area contributed by atoms with Crippen LogP contribution in [0.25, 0.3) is 0 Å². The molecular weight excluding hydrogens is 195 g/mol. The van der Waals surface area contributed by atoms with E-state index in [-0.39, 0.29) is 5.82 Å². The third kappa shape index (κ3) is 4.04. The highest BCUT2D eigenvalue weighted by atomic mass is 19.1. The van der Waals surface area contributed by atoms with Crippen molar-refractivity contribution >= 4 is 18.1 Å². The normalized spacial score (nSPS) is 9.93. The second-order valence-corrected chi connectivity index (χ2v) is 2.67. The summed E-state index contributed by atoms with van der Waals surface area (Å²) in [4.78, 5) is 3.83. The number of nitrogens with one attached hydrogen (secondary N) is 2. The van der Waals surface area contributed by atoms with E-state index in [2.05, 4.69) is 22.4 Å². The second kappa shape index (κ2) is 5.54. The fourth-order valence-corrected chi connectivity index (χ4v) is 0.843. The van der Waals surface area contributed by atoms with Crippen LogP contribution < -0.4 is 16.3 Å². The van der Waals surface area contributed by atoms with Crippen LogP contribution in [0.4, 0.5) is 10.1 Å². The first-order valence-electron chi connectivity index (χ1n) is 4.26. The van der Waals surface area contributed by atoms with E-state index in [0.29, 0.717) is 11.5 Å². The molecule has 4 N–H and O–H groups in total. The lowest BCUT2D eigenvalue weighted by molar-refractivity contribution is -0.102. The SMILES string of the molecule is C=C(N=CC=[NH2+])NNc1ccc(F)cc1. The molecule has 0 atom stereocenters. The maximum atomic E-state index is 12.5. The van der Waals surface area contributed by atoms with E-state index in [9.17, 15) is 4.39 Å². The molecule has 0 heterocycles. The van der Waals surface area contributed by atoms with Crippen molar-refractivity contribution in [2.24, 2.45) is 4.99 Å². The van der Waals surface area contributed by atoms with E-state index in [1.165, 1.54) is 24.6 Å². The summed E-state index contributed by atoms with van der Waals surface area (Å²) in [6.07, 6.45) is 2.70. The molecule has 0 radical (unpaired) electrons. The minimum absolute atomic E-state index is 0.282. The molecule has 0 aliphatic heterocycles. The van der Waals surface area contributed by atoms with Crippen LogP contribution in [-0.2, 0) is 0 Å². The Morgan fingerprint density at radius 3 is 2.67 bits per heavy atom. The number of hydrogen-bond acceptors (Lipinski definition) is 3. The molecule has 4 nitrogen and oxygen atoms in total. The largest absolute Gasteiger partial charge is 0.300 e. The van der Waals surface area contributed by atoms with Gasteiger partial charge in [0.2, 0.25) is 0 Å². The highest BCUT2D eigenvalue weighted by molar-refractivity contribution is 6.13. The quantitative estimate of drug-likeness (QED) is 0.474. The molecule has 0 aliphatic rings. The third-order valence-electron chi connectivity index (χ3n) is 1.51. The Hall–Kier alpha value is -2.17. The fourth-order valence-electron chi connectivity index (χ4n) is 0.843. The van der Waals surface area contributed by atoms with Crippen molar-refractivity contribution in [2.75, 3.05) is 5.43 Å². The zero-order chi connectivity index (χ0) is 11.1. The third-order valence-corrected chi connectivity index (χ3v) is 1.51. The summed E-state index contributed by atoms with van der Waals surface area (Å²) in [6, 6.07) is 5.89. The lowest BCUT2D eigenvalue weighted by Gasteiger charge is -2.07. The molecular formula is C10H12FN4+. The number of nitrogens with zero attached hydrogens (tertiary/aromatic N) is 1. The number of hydrogen-bond donors (Lipinski definition) is 3. The smallest absolute Gasteiger partial charge is 0.178 e. The van der Waals surface area contributed by atoms with Crippen LogP contribution >= 0.6 is 0 Å². The molecule has 15 heavy (non-hydrogen) atoms. The first kappa shape index (κ1) is 10.9. The molecule has 1 aromatic rings. The van der Waals surface area contributed by atoms with E-state index in [0.717, 1.165) is 0 Å². The molecule has 0 aliphatic carbocycles. The lowest BCUT2D eigenvalue weighted by Crippen LogP contribution is -2.30. The Balaban J connectivity index is 2.43. The van der Waals surface area contributed by atoms with Gasteiger partial charge in [-0.3, -0.25) is 16.3 Å². The Bertz CT molecular complexity index is 370. The number of nitrogens with two attached hydrogens (primary N) is 1. The van der Waals surface area contributed by atoms with Crippen molar-refractivity contribution in [3.8, 4) is 0 Å². The van der Waals surface area contributed by atoms with Crippen molar-refractivity contribution in [3.63, 3.8) is 0 Å². The van der Waals surface area contributed by atoms with Crippen molar-refractivity contribution in [2.45, 2.75) is 0 Å². The van der Waals surface area contributed by atoms with Gasteiger partial charge in [0.1, 0.15) is 11.6 Å². The Morgan fingerprint density at radius 1 is 1.40 bits per heavy atom. The molecule has 0 saturated heterocycles. The second-order valence-electron chi connectivity index (χ2n) is 2.67. The van der Waals surface area contributed by atoms with Gasteiger partial charge in [0.25, 0.3) is 0 Å². The van der Waals surface area contributed by atoms with Crippen molar-refractivity contribution in [1.82, 2.24) is 5.43 Å². The van der Waals surface area contributed by atoms with Gasteiger partial charge in [-0.2, -0.15) is 0 Å². The molecule has 5 heteroatoms. The summed E-state index contributed by atoms with van der Waals surface area (Å²) in [5.41, 5.74) is 6.22. The number of anilines is 1. The highest BCUT2D eigenvalue weighted by Crippen LogP contribution is 2.06. The number of hydrazine groups is 1. The number of rotatable bonds is 5. The predicted molar refractivity (Wildman–Crippen MR) is 58.8 cm³/mol. The van der Waals surface area contributed by atoms with Gasteiger partial charge in [-0.15, -0.1) is 0 Å². The van der Waals surface area contributed by atoms with Gasteiger partial charge in [-0.1, -0.05) is 6.58 Å². The minimum Gasteiger partial charge on any atom is -0.300 e. The predicted octanol–water partition coefficient (Wildman–Crippen LogP) is 0.114. The minimum atomic E-state index is -0.282. The molecule has 0 amide bonds. The molecule has 78 valence electrons. The standard InChI is InChI=1S/C10H11FN4/c1-8(13-7-6-12)14-15-10-4-2-9(11)3-5-10/h2-7,12,14-15H,1H2/p+1. The molecule has 0 bridgehead atoms. The van der Waals surface area contributed by atoms with Gasteiger partial charge >= 0.3 is 0 Å². The summed E-state index contributed by atoms with van der Waals surface area (Å²) >= 11 is 0. The first-order valence-corrected chi connectivity index (χ1v) is 4.26. The Morgan fingerprint density at radius 2 is 2.07 bits per heavy atom. The fraction of sp³-hybridized carbons (Fsp3) is 0. The zero-order valence-electron chi connectivity index (χ0n) is 8.07. The number of aliphatic imine (C=N–C) groups is 1. The van der Waals surface area contributed by atoms with Gasteiger partial charge in [0.05, 0.1) is 11.9 Å². The van der Waals surface area contributed by atoms with Gasteiger partial charge in [0, 0.05) is 0 Å². The van der Waals surface area contributed by atoms with E-state index in [1.54, 1.807) is 12.1 Å². The molecule has 0 unspecified atom stereocenters. The summed E-state index contributed by atoms with van der Waals surface area (Å²) in [5, 5.41) is 5.10. The van der Waals surface area contributed by atoms with Crippen LogP contribution in [-0.4, -0.2) is 12.4 Å². The van der Waals surface area contributed by atoms with Gasteiger partial charge in [-0.25, -0.2) is 9.38 Å². The maximum Gasteiger partial charge on any atom is 0.178 e. The van der Waals surface area contributed by atoms with E-state index >= 15 is 0 Å². The molecule has 0 fully saturated rings. The Labute approximate surface area is 87.0 Å². The maximum absolute atomic E-state index is 12.5. The molecule has 0 saturated carbocycles. The van der Waals surface area contributed by atoms with Crippen molar-refractivity contribution in [1.29, 1.82) is 0 Å². The van der Waals surface area contributed by atoms with Crippen LogP contribution in [0.2, 0.25) is 0 Å². The first-order chi connectivity index (χ1) is 7.22. The lowest BCUT2D eigenvalue weighted by atomic mass is 10.3. The Kier molecular flexibility index (Phi) is 4.03. The van der Waals surface area contributed by atoms with Crippen molar-refractivity contribution < 1.29 is 9.80 Å². The van der Waals surface area contributed by atoms with Crippen LogP contribution in [0.1, 0.15) is 0 Å². The van der Waals surface area contributed by atoms with Crippen LogP contribution in [0.5, 0.6) is 0 Å². The monoisotopic (exact) mass is 207 g/mol. The summed E-state index contributed by atoms with van der Waals surface area (Å²) in [7, 11) is 0. The summed E-state index contributed by atoms with van der Waals surface area (Å²) in [6.45, 7) is 3.60. The van der Waals surface area contributed by atoms with Gasteiger partial charge in [0.15, 0.2) is 6.21 Å². The zero-order valence-corrected chi connectivity index (χ0v) is 8.07. The highest BCUT2D eigenvalue weighted by Gasteiger charge is 1.92. The van der Waals surface area contributed by atoms with E-state index in [1.807, 2.05) is 0 Å². The summed E-state index contributed by atoms with van der Waals surface area (Å²) in [5.74, 6) is 0.121. The number of halogens is 1. The molecule has 0 spiro atoms. The summed E-state index contributed by atoms with van der Waals surface area (Å²) < 4.78 is 12.5. The molecule has 1 aromatic carbocycles. The average molecular weight is 207 g/mol. The topological polar surface area (TPSA) is 62.0 Å². The number of benzene rings is 1. The molecule has 0 aromatic heterocycles. The van der Waals surface area contributed by atoms with Crippen LogP contribution in [0, 0.1) is 5.82 Å². The van der Waals surface area contributed by atoms with Crippen molar-refractivity contribution in [3.05, 3.63) is 42.5 Å². The average Bonchev–Trinajstić information content (AvgIpc) is 2.25.